The molecule has 1 atom stereocenters. The maximum absolute atomic E-state index is 12.2. The summed E-state index contributed by atoms with van der Waals surface area (Å²) in [6.45, 7) is 9.16. The Labute approximate surface area is 120 Å². The van der Waals surface area contributed by atoms with Crippen molar-refractivity contribution in [3.8, 4) is 0 Å². The molecule has 1 fully saturated rings. The fraction of sp³-hybridized carbons (Fsp3) is 0.786. The quantitative estimate of drug-likeness (QED) is 0.784. The summed E-state index contributed by atoms with van der Waals surface area (Å²) in [5, 5.41) is 8.22. The molecule has 1 aliphatic rings. The van der Waals surface area contributed by atoms with E-state index in [1.165, 1.54) is 0 Å². The second-order valence-electron chi connectivity index (χ2n) is 6.38. The van der Waals surface area contributed by atoms with E-state index in [0.717, 1.165) is 31.0 Å². The van der Waals surface area contributed by atoms with Gasteiger partial charge in [-0.15, -0.1) is 10.2 Å². The second-order valence-corrected chi connectivity index (χ2v) is 6.38. The van der Waals surface area contributed by atoms with Crippen LogP contribution in [0, 0.1) is 6.92 Å². The van der Waals surface area contributed by atoms with Gasteiger partial charge in [-0.25, -0.2) is 0 Å². The molecule has 1 aromatic rings. The van der Waals surface area contributed by atoms with Gasteiger partial charge >= 0.3 is 5.97 Å². The normalized spacial score (nSPS) is 20.4. The zero-order valence-corrected chi connectivity index (χ0v) is 13.0. The number of esters is 1. The zero-order valence-electron chi connectivity index (χ0n) is 13.0. The summed E-state index contributed by atoms with van der Waals surface area (Å²) in [5.74, 6) is 1.64. The number of likely N-dealkylation sites (tertiary alicyclic amines) is 1. The Bertz CT molecular complexity index is 490. The van der Waals surface area contributed by atoms with Crippen LogP contribution in [-0.2, 0) is 23.1 Å². The molecule has 6 nitrogen and oxygen atoms in total. The highest BCUT2D eigenvalue weighted by Gasteiger charge is 2.34. The number of ether oxygens (including phenoxy) is 1. The molecular formula is C14H24N4O2. The third-order valence-electron chi connectivity index (χ3n) is 3.57. The summed E-state index contributed by atoms with van der Waals surface area (Å²) in [6, 6.07) is -0.161. The Morgan fingerprint density at radius 2 is 2.10 bits per heavy atom. The zero-order chi connectivity index (χ0) is 14.9. The van der Waals surface area contributed by atoms with Crippen LogP contribution in [0.2, 0.25) is 0 Å². The SMILES string of the molecule is Cc1nnc(CN2CCC[C@@H]2C(=O)OC(C)(C)C)n1C. The van der Waals surface area contributed by atoms with Crippen LogP contribution in [0.15, 0.2) is 0 Å². The minimum Gasteiger partial charge on any atom is -0.459 e. The first-order valence-corrected chi connectivity index (χ1v) is 7.10. The first-order valence-electron chi connectivity index (χ1n) is 7.10. The van der Waals surface area contributed by atoms with Crippen molar-refractivity contribution in [1.82, 2.24) is 19.7 Å². The maximum atomic E-state index is 12.2. The van der Waals surface area contributed by atoms with E-state index in [1.54, 1.807) is 0 Å². The Kier molecular flexibility index (Phi) is 4.13. The molecule has 0 aromatic carbocycles. The standard InChI is InChI=1S/C14H24N4O2/c1-10-15-16-12(17(10)5)9-18-8-6-7-11(18)13(19)20-14(2,3)4/h11H,6-9H2,1-5H3/t11-/m1/s1. The molecule has 0 amide bonds. The van der Waals surface area contributed by atoms with Gasteiger partial charge in [0.05, 0.1) is 6.54 Å². The number of rotatable bonds is 3. The van der Waals surface area contributed by atoms with Gasteiger partial charge in [0.25, 0.3) is 0 Å². The molecule has 0 N–H and O–H groups in total. The molecule has 0 spiro atoms. The molecule has 112 valence electrons. The van der Waals surface area contributed by atoms with E-state index >= 15 is 0 Å². The van der Waals surface area contributed by atoms with Crippen LogP contribution < -0.4 is 0 Å². The number of carbonyl (C=O) groups excluding carboxylic acids is 1. The lowest BCUT2D eigenvalue weighted by Crippen LogP contribution is -2.40. The third-order valence-corrected chi connectivity index (χ3v) is 3.57. The highest BCUT2D eigenvalue weighted by Crippen LogP contribution is 2.22. The minimum atomic E-state index is -0.438. The van der Waals surface area contributed by atoms with Crippen LogP contribution in [0.5, 0.6) is 0 Å². The lowest BCUT2D eigenvalue weighted by molar-refractivity contribution is -0.160. The van der Waals surface area contributed by atoms with E-state index in [9.17, 15) is 4.79 Å². The highest BCUT2D eigenvalue weighted by molar-refractivity contribution is 5.76. The fourth-order valence-corrected chi connectivity index (χ4v) is 2.42. The van der Waals surface area contributed by atoms with Crippen LogP contribution in [-0.4, -0.2) is 43.8 Å². The van der Waals surface area contributed by atoms with Gasteiger partial charge < -0.3 is 9.30 Å². The smallest absolute Gasteiger partial charge is 0.323 e. The van der Waals surface area contributed by atoms with E-state index in [0.29, 0.717) is 6.54 Å². The van der Waals surface area contributed by atoms with Crippen molar-refractivity contribution in [1.29, 1.82) is 0 Å². The van der Waals surface area contributed by atoms with Crippen molar-refractivity contribution in [3.05, 3.63) is 11.6 Å². The second kappa shape index (κ2) is 5.52. The maximum Gasteiger partial charge on any atom is 0.323 e. The molecule has 2 heterocycles. The summed E-state index contributed by atoms with van der Waals surface area (Å²) in [6.07, 6.45) is 1.87. The summed E-state index contributed by atoms with van der Waals surface area (Å²) < 4.78 is 7.46. The molecule has 1 saturated heterocycles. The lowest BCUT2D eigenvalue weighted by atomic mass is 10.1. The van der Waals surface area contributed by atoms with Gasteiger partial charge in [-0.2, -0.15) is 0 Å². The van der Waals surface area contributed by atoms with E-state index in [-0.39, 0.29) is 12.0 Å². The van der Waals surface area contributed by atoms with Crippen molar-refractivity contribution < 1.29 is 9.53 Å². The van der Waals surface area contributed by atoms with E-state index < -0.39 is 5.60 Å². The van der Waals surface area contributed by atoms with Crippen LogP contribution in [0.1, 0.15) is 45.3 Å². The van der Waals surface area contributed by atoms with Gasteiger partial charge in [0.2, 0.25) is 0 Å². The van der Waals surface area contributed by atoms with Gasteiger partial charge in [0.1, 0.15) is 23.3 Å². The molecular weight excluding hydrogens is 256 g/mol. The van der Waals surface area contributed by atoms with Crippen molar-refractivity contribution in [3.63, 3.8) is 0 Å². The minimum absolute atomic E-state index is 0.131. The summed E-state index contributed by atoms with van der Waals surface area (Å²) in [7, 11) is 1.95. The molecule has 2 rings (SSSR count). The average Bonchev–Trinajstić information content (AvgIpc) is 2.89. The molecule has 20 heavy (non-hydrogen) atoms. The third kappa shape index (κ3) is 3.36. The van der Waals surface area contributed by atoms with E-state index in [1.807, 2.05) is 39.3 Å². The highest BCUT2D eigenvalue weighted by atomic mass is 16.6. The first-order chi connectivity index (χ1) is 9.28. The number of aryl methyl sites for hydroxylation is 1. The van der Waals surface area contributed by atoms with Gasteiger partial charge in [-0.1, -0.05) is 0 Å². The Morgan fingerprint density at radius 1 is 1.40 bits per heavy atom. The Balaban J connectivity index is 2.04. The number of aromatic nitrogens is 3. The van der Waals surface area contributed by atoms with Gasteiger partial charge in [-0.05, 0) is 47.1 Å². The number of hydrogen-bond acceptors (Lipinski definition) is 5. The summed E-state index contributed by atoms with van der Waals surface area (Å²) >= 11 is 0. The van der Waals surface area contributed by atoms with E-state index in [2.05, 4.69) is 15.1 Å². The van der Waals surface area contributed by atoms with Crippen molar-refractivity contribution >= 4 is 5.97 Å². The largest absolute Gasteiger partial charge is 0.459 e. The van der Waals surface area contributed by atoms with Crippen LogP contribution in [0.3, 0.4) is 0 Å². The topological polar surface area (TPSA) is 60.3 Å². The molecule has 1 aromatic heterocycles. The molecule has 0 aliphatic carbocycles. The van der Waals surface area contributed by atoms with E-state index in [4.69, 9.17) is 4.74 Å². The molecule has 1 aliphatic heterocycles. The molecule has 0 radical (unpaired) electrons. The number of nitrogens with zero attached hydrogens (tertiary/aromatic N) is 4. The fourth-order valence-electron chi connectivity index (χ4n) is 2.42. The Hall–Kier alpha value is -1.43. The summed E-state index contributed by atoms with van der Waals surface area (Å²) in [4.78, 5) is 14.4. The van der Waals surface area contributed by atoms with Crippen molar-refractivity contribution in [2.24, 2.45) is 7.05 Å². The summed E-state index contributed by atoms with van der Waals surface area (Å²) in [5.41, 5.74) is -0.438. The van der Waals surface area contributed by atoms with Crippen LogP contribution >= 0.6 is 0 Å². The molecule has 0 saturated carbocycles. The first kappa shape index (κ1) is 15.0. The number of hydrogen-bond donors (Lipinski definition) is 0. The average molecular weight is 280 g/mol. The van der Waals surface area contributed by atoms with Crippen molar-refractivity contribution in [2.75, 3.05) is 6.54 Å². The monoisotopic (exact) mass is 280 g/mol. The Morgan fingerprint density at radius 3 is 2.65 bits per heavy atom. The van der Waals surface area contributed by atoms with Gasteiger partial charge in [-0.3, -0.25) is 9.69 Å². The van der Waals surface area contributed by atoms with Crippen LogP contribution in [0.4, 0.5) is 0 Å². The lowest BCUT2D eigenvalue weighted by Gasteiger charge is -2.27. The molecule has 6 heteroatoms. The molecule has 0 bridgehead atoms. The number of carbonyl (C=O) groups is 1. The molecule has 0 unspecified atom stereocenters. The van der Waals surface area contributed by atoms with Crippen molar-refractivity contribution in [2.45, 2.75) is 58.7 Å². The van der Waals surface area contributed by atoms with Gasteiger partial charge in [0, 0.05) is 7.05 Å². The predicted octanol–water partition coefficient (Wildman–Crippen LogP) is 1.43. The van der Waals surface area contributed by atoms with Gasteiger partial charge in [0.15, 0.2) is 0 Å². The predicted molar refractivity (Wildman–Crippen MR) is 75.0 cm³/mol. The van der Waals surface area contributed by atoms with Crippen LogP contribution in [0.25, 0.3) is 0 Å².